The maximum Gasteiger partial charge on any atom is 0.295 e. The molecule has 48 heavy (non-hydrogen) atoms. The second kappa shape index (κ2) is 12.8. The Hall–Kier alpha value is -5.80. The molecule has 6 aromatic carbocycles. The molecule has 6 rings (SSSR count). The predicted octanol–water partition coefficient (Wildman–Crippen LogP) is 8.78. The second-order valence-electron chi connectivity index (χ2n) is 10.5. The highest BCUT2D eigenvalue weighted by atomic mass is 32.2. The lowest BCUT2D eigenvalue weighted by Gasteiger charge is -2.07. The second-order valence-corrected chi connectivity index (χ2v) is 13.3. The molecule has 0 fully saturated rings. The zero-order chi connectivity index (χ0) is 34.1. The van der Waals surface area contributed by atoms with E-state index in [-0.39, 0.29) is 33.9 Å². The molecule has 0 spiro atoms. The average Bonchev–Trinajstić information content (AvgIpc) is 3.06. The van der Waals surface area contributed by atoms with Gasteiger partial charge in [0.05, 0.1) is 17.1 Å². The summed E-state index contributed by atoms with van der Waals surface area (Å²) in [5, 5.41) is 29.9. The molecular weight excluding hydrogens is 655 g/mol. The lowest BCUT2D eigenvalue weighted by atomic mass is 10.1. The number of phenolic OH excluding ortho intramolecular Hbond substituents is 1. The van der Waals surface area contributed by atoms with E-state index in [1.807, 2.05) is 36.4 Å². The smallest absolute Gasteiger partial charge is 0.295 e. The van der Waals surface area contributed by atoms with E-state index >= 15 is 0 Å². The van der Waals surface area contributed by atoms with E-state index in [0.717, 1.165) is 28.3 Å². The maximum absolute atomic E-state index is 12.3. The molecule has 240 valence electrons. The Balaban J connectivity index is 1.33. The van der Waals surface area contributed by atoms with Gasteiger partial charge < -0.3 is 10.8 Å². The molecule has 0 unspecified atom stereocenters. The highest BCUT2D eigenvalue weighted by molar-refractivity contribution is 7.86. The van der Waals surface area contributed by atoms with Gasteiger partial charge in [-0.25, -0.2) is 0 Å². The number of aromatic hydroxyl groups is 1. The summed E-state index contributed by atoms with van der Waals surface area (Å²) in [6.45, 7) is 0. The lowest BCUT2D eigenvalue weighted by molar-refractivity contribution is 0.477. The number of azo groups is 2. The van der Waals surface area contributed by atoms with E-state index in [1.165, 1.54) is 42.5 Å². The number of nitrogens with zero attached hydrogens (tertiary/aromatic N) is 4. The first-order chi connectivity index (χ1) is 22.9. The van der Waals surface area contributed by atoms with Crippen LogP contribution in [0.3, 0.4) is 0 Å². The van der Waals surface area contributed by atoms with E-state index in [9.17, 15) is 31.0 Å². The third-order valence-electron chi connectivity index (χ3n) is 7.35. The van der Waals surface area contributed by atoms with Gasteiger partial charge >= 0.3 is 0 Å². The summed E-state index contributed by atoms with van der Waals surface area (Å²) in [6.07, 6.45) is 2.52. The number of rotatable bonds is 8. The van der Waals surface area contributed by atoms with Crippen LogP contribution in [0.2, 0.25) is 0 Å². The fourth-order valence-electron chi connectivity index (χ4n) is 5.03. The zero-order valence-corrected chi connectivity index (χ0v) is 26.3. The summed E-state index contributed by atoms with van der Waals surface area (Å²) in [6, 6.07) is 28.8. The summed E-state index contributed by atoms with van der Waals surface area (Å²) in [5.74, 6) is -0.132. The third kappa shape index (κ3) is 6.82. The van der Waals surface area contributed by atoms with Crippen molar-refractivity contribution in [3.8, 4) is 5.75 Å². The molecule has 0 radical (unpaired) electrons. The number of hydrogen-bond donors (Lipinski definition) is 4. The van der Waals surface area contributed by atoms with Gasteiger partial charge in [0, 0.05) is 21.8 Å². The minimum atomic E-state index is -4.79. The van der Waals surface area contributed by atoms with Crippen molar-refractivity contribution in [3.63, 3.8) is 0 Å². The number of anilines is 1. The van der Waals surface area contributed by atoms with Crippen molar-refractivity contribution in [2.75, 3.05) is 5.73 Å². The van der Waals surface area contributed by atoms with Crippen molar-refractivity contribution in [2.45, 2.75) is 9.79 Å². The van der Waals surface area contributed by atoms with E-state index < -0.39 is 30.0 Å². The van der Waals surface area contributed by atoms with Crippen LogP contribution in [0.4, 0.5) is 28.4 Å². The van der Waals surface area contributed by atoms with Gasteiger partial charge in [-0.15, -0.1) is 10.2 Å². The lowest BCUT2D eigenvalue weighted by Crippen LogP contribution is -2.01. The average molecular weight is 680 g/mol. The molecule has 0 amide bonds. The zero-order valence-electron chi connectivity index (χ0n) is 24.7. The normalized spacial score (nSPS) is 12.6. The Labute approximate surface area is 274 Å². The quantitative estimate of drug-likeness (QED) is 0.0528. The summed E-state index contributed by atoms with van der Waals surface area (Å²) >= 11 is 0. The van der Waals surface area contributed by atoms with E-state index in [1.54, 1.807) is 30.3 Å². The van der Waals surface area contributed by atoms with E-state index in [4.69, 9.17) is 5.73 Å². The topological polar surface area (TPSA) is 204 Å². The predicted molar refractivity (Wildman–Crippen MR) is 184 cm³/mol. The van der Waals surface area contributed by atoms with Crippen molar-refractivity contribution in [1.29, 1.82) is 0 Å². The number of nitrogens with two attached hydrogens (primary N) is 1. The molecule has 0 aliphatic heterocycles. The number of benzene rings is 6. The van der Waals surface area contributed by atoms with Crippen LogP contribution < -0.4 is 5.73 Å². The van der Waals surface area contributed by atoms with Crippen LogP contribution >= 0.6 is 0 Å². The monoisotopic (exact) mass is 679 g/mol. The van der Waals surface area contributed by atoms with Gasteiger partial charge in [-0.1, -0.05) is 78.9 Å². The number of phenols is 1. The largest absolute Gasteiger partial charge is 0.506 e. The highest BCUT2D eigenvalue weighted by Gasteiger charge is 2.18. The maximum atomic E-state index is 12.3. The van der Waals surface area contributed by atoms with Crippen molar-refractivity contribution >= 4 is 82.4 Å². The van der Waals surface area contributed by atoms with Gasteiger partial charge in [-0.05, 0) is 59.0 Å². The molecule has 0 aliphatic rings. The molecule has 0 saturated carbocycles. The minimum absolute atomic E-state index is 0.00543. The molecule has 14 heteroatoms. The number of nitrogen functional groups attached to an aromatic ring is 1. The molecule has 0 aromatic heterocycles. The van der Waals surface area contributed by atoms with E-state index in [2.05, 4.69) is 20.5 Å². The number of fused-ring (bicyclic) bond motifs is 2. The first kappa shape index (κ1) is 32.2. The Bertz CT molecular complexity index is 2550. The first-order valence-electron chi connectivity index (χ1n) is 14.1. The SMILES string of the molecule is Nc1ccc(N=Nc2ccc(C=Cc3ccc(N=Nc4c(O)ccc5ccccc45)cc3S(=O)(=O)O)c(S(=O)(=O)O)c2)c2ccccc12. The van der Waals surface area contributed by atoms with Crippen molar-refractivity contribution in [1.82, 2.24) is 0 Å². The van der Waals surface area contributed by atoms with Crippen LogP contribution in [0.25, 0.3) is 33.7 Å². The first-order valence-corrected chi connectivity index (χ1v) is 17.0. The van der Waals surface area contributed by atoms with Crippen LogP contribution in [0, 0.1) is 0 Å². The van der Waals surface area contributed by atoms with Gasteiger partial charge in [-0.3, -0.25) is 9.11 Å². The molecular formula is C34H25N5O7S2. The minimum Gasteiger partial charge on any atom is -0.506 e. The standard InChI is InChI=1S/C34H25N5O7S2/c35-29-16-17-30(28-8-4-3-7-27(28)29)38-36-24-14-11-22(32(19-24)47(41,42)43)9-10-23-12-15-25(20-33(23)48(44,45)46)37-39-34-26-6-2-1-5-21(26)13-18-31(34)40/h1-20,40H,35H2,(H,41,42,43)(H,44,45,46). The van der Waals surface area contributed by atoms with Gasteiger partial charge in [0.25, 0.3) is 20.2 Å². The molecule has 6 aromatic rings. The van der Waals surface area contributed by atoms with Crippen molar-refractivity contribution < 1.29 is 31.0 Å². The number of hydrogen-bond acceptors (Lipinski definition) is 10. The Morgan fingerprint density at radius 2 is 1.10 bits per heavy atom. The summed E-state index contributed by atoms with van der Waals surface area (Å²) < 4.78 is 69.3. The van der Waals surface area contributed by atoms with Crippen LogP contribution in [-0.2, 0) is 20.2 Å². The van der Waals surface area contributed by atoms with Crippen LogP contribution in [0.15, 0.2) is 139 Å². The fraction of sp³-hybridized carbons (Fsp3) is 0. The molecule has 12 nitrogen and oxygen atoms in total. The van der Waals surface area contributed by atoms with E-state index in [0.29, 0.717) is 16.8 Å². The molecule has 0 aliphatic carbocycles. The Morgan fingerprint density at radius 1 is 0.562 bits per heavy atom. The van der Waals surface area contributed by atoms with Gasteiger partial charge in [0.1, 0.15) is 21.2 Å². The summed E-state index contributed by atoms with van der Waals surface area (Å²) in [5.41, 5.74) is 7.44. The fourth-order valence-corrected chi connectivity index (χ4v) is 6.44. The van der Waals surface area contributed by atoms with Crippen molar-refractivity contribution in [3.05, 3.63) is 120 Å². The van der Waals surface area contributed by atoms with Gasteiger partial charge in [-0.2, -0.15) is 27.1 Å². The highest BCUT2D eigenvalue weighted by Crippen LogP contribution is 2.37. The molecule has 0 atom stereocenters. The van der Waals surface area contributed by atoms with Gasteiger partial charge in [0.2, 0.25) is 0 Å². The Morgan fingerprint density at radius 3 is 1.71 bits per heavy atom. The van der Waals surface area contributed by atoms with Crippen LogP contribution in [-0.4, -0.2) is 31.0 Å². The summed E-state index contributed by atoms with van der Waals surface area (Å²) in [4.78, 5) is -1.04. The van der Waals surface area contributed by atoms with Gasteiger partial charge in [0.15, 0.2) is 0 Å². The Kier molecular flexibility index (Phi) is 8.56. The van der Waals surface area contributed by atoms with Crippen LogP contribution in [0.1, 0.15) is 11.1 Å². The van der Waals surface area contributed by atoms with Crippen LogP contribution in [0.5, 0.6) is 5.75 Å². The summed E-state index contributed by atoms with van der Waals surface area (Å²) in [7, 11) is -9.56. The molecule has 0 saturated heterocycles. The molecule has 0 bridgehead atoms. The van der Waals surface area contributed by atoms with Crippen molar-refractivity contribution in [2.24, 2.45) is 20.5 Å². The third-order valence-corrected chi connectivity index (χ3v) is 9.16. The molecule has 5 N–H and O–H groups in total. The molecule has 0 heterocycles.